The van der Waals surface area contributed by atoms with Crippen LogP contribution in [0.25, 0.3) is 11.1 Å². The van der Waals surface area contributed by atoms with E-state index in [0.29, 0.717) is 29.6 Å². The number of rotatable bonds is 9. The molecule has 9 heteroatoms. The predicted octanol–water partition coefficient (Wildman–Crippen LogP) is 4.82. The van der Waals surface area contributed by atoms with Crippen molar-refractivity contribution in [2.24, 2.45) is 4.99 Å². The third kappa shape index (κ3) is 7.74. The summed E-state index contributed by atoms with van der Waals surface area (Å²) in [6.45, 7) is 6.06. The number of benzene rings is 2. The number of nitrogens with one attached hydrogen (secondary N) is 1. The molecule has 0 aliphatic carbocycles. The summed E-state index contributed by atoms with van der Waals surface area (Å²) < 4.78 is 5.04. The highest BCUT2D eigenvalue weighted by Gasteiger charge is 2.29. The van der Waals surface area contributed by atoms with Crippen LogP contribution >= 0.6 is 0 Å². The van der Waals surface area contributed by atoms with Gasteiger partial charge in [-0.2, -0.15) is 5.06 Å². The molecule has 2 heterocycles. The van der Waals surface area contributed by atoms with Gasteiger partial charge in [0, 0.05) is 26.3 Å². The Bertz CT molecular complexity index is 1300. The number of ether oxygens (including phenoxy) is 1. The number of aliphatic imine (C=N–C) groups is 1. The number of hydrogen-bond donors (Lipinski definition) is 2. The summed E-state index contributed by atoms with van der Waals surface area (Å²) in [6.07, 6.45) is 4.74. The first-order valence-electron chi connectivity index (χ1n) is 13.6. The lowest BCUT2D eigenvalue weighted by Crippen LogP contribution is -2.44. The third-order valence-electron chi connectivity index (χ3n) is 6.70. The smallest absolute Gasteiger partial charge is 0.323 e. The van der Waals surface area contributed by atoms with Crippen LogP contribution < -0.4 is 10.4 Å². The summed E-state index contributed by atoms with van der Waals surface area (Å²) >= 11 is 0. The molecule has 0 spiro atoms. The third-order valence-corrected chi connectivity index (χ3v) is 6.70. The summed E-state index contributed by atoms with van der Waals surface area (Å²) in [5.74, 6) is 0.444. The van der Waals surface area contributed by atoms with Gasteiger partial charge < -0.3 is 10.1 Å². The number of hydrogen-bond acceptors (Lipinski definition) is 7. The normalized spacial score (nSPS) is 15.4. The molecular formula is C31H39N5O4. The fourth-order valence-electron chi connectivity index (χ4n) is 4.82. The largest absolute Gasteiger partial charge is 0.468 e. The summed E-state index contributed by atoms with van der Waals surface area (Å²) in [5, 5.41) is 13.6. The molecule has 1 atom stereocenters. The Morgan fingerprint density at radius 3 is 2.50 bits per heavy atom. The molecule has 1 aliphatic rings. The average molecular weight is 546 g/mol. The number of nitrogens with zero attached hydrogens (tertiary/aromatic N) is 4. The minimum absolute atomic E-state index is 0.101. The molecule has 1 aliphatic heterocycles. The van der Waals surface area contributed by atoms with Gasteiger partial charge in [-0.1, -0.05) is 56.7 Å². The van der Waals surface area contributed by atoms with E-state index in [-0.39, 0.29) is 24.2 Å². The topological polar surface area (TPSA) is 107 Å². The predicted molar refractivity (Wildman–Crippen MR) is 157 cm³/mol. The van der Waals surface area contributed by atoms with Gasteiger partial charge in [0.15, 0.2) is 5.82 Å². The second kappa shape index (κ2) is 15.5. The van der Waals surface area contributed by atoms with E-state index in [2.05, 4.69) is 50.5 Å². The Labute approximate surface area is 236 Å². The van der Waals surface area contributed by atoms with Gasteiger partial charge in [-0.3, -0.25) is 24.7 Å². The SMILES string of the molecule is CC.CN=C(NCc1cccc(-c2cccc(CN3CCCCC3C(=O)OC)c2)c1)c1cccnc1N(O)C=O. The van der Waals surface area contributed by atoms with Crippen molar-refractivity contribution in [3.05, 3.63) is 83.6 Å². The highest BCUT2D eigenvalue weighted by atomic mass is 16.5. The zero-order valence-corrected chi connectivity index (χ0v) is 23.7. The number of anilines is 1. The maximum atomic E-state index is 12.3. The molecule has 9 nitrogen and oxygen atoms in total. The van der Waals surface area contributed by atoms with Crippen LogP contribution in [0, 0.1) is 0 Å². The van der Waals surface area contributed by atoms with Gasteiger partial charge in [-0.15, -0.1) is 0 Å². The first kappa shape index (κ1) is 30.5. The maximum Gasteiger partial charge on any atom is 0.323 e. The van der Waals surface area contributed by atoms with Gasteiger partial charge in [0.05, 0.1) is 12.7 Å². The number of likely N-dealkylation sites (tertiary alicyclic amines) is 1. The first-order valence-corrected chi connectivity index (χ1v) is 13.6. The van der Waals surface area contributed by atoms with Crippen molar-refractivity contribution < 1.29 is 19.5 Å². The van der Waals surface area contributed by atoms with Gasteiger partial charge >= 0.3 is 5.97 Å². The fraction of sp³-hybridized carbons (Fsp3) is 0.355. The number of amides is 1. The Morgan fingerprint density at radius 2 is 1.82 bits per heavy atom. The number of hydroxylamine groups is 1. The Balaban J connectivity index is 0.00000216. The molecule has 0 saturated carbocycles. The maximum absolute atomic E-state index is 12.3. The van der Waals surface area contributed by atoms with Crippen molar-refractivity contribution in [3.63, 3.8) is 0 Å². The average Bonchev–Trinajstić information content (AvgIpc) is 3.02. The van der Waals surface area contributed by atoms with Crippen molar-refractivity contribution in [1.29, 1.82) is 0 Å². The second-order valence-corrected chi connectivity index (χ2v) is 9.16. The summed E-state index contributed by atoms with van der Waals surface area (Å²) in [7, 11) is 3.09. The van der Waals surface area contributed by atoms with E-state index in [4.69, 9.17) is 4.74 Å². The van der Waals surface area contributed by atoms with Gasteiger partial charge in [0.25, 0.3) is 0 Å². The number of esters is 1. The van der Waals surface area contributed by atoms with Crippen LogP contribution in [-0.4, -0.2) is 60.1 Å². The van der Waals surface area contributed by atoms with E-state index in [1.807, 2.05) is 32.0 Å². The zero-order chi connectivity index (χ0) is 28.9. The number of methoxy groups -OCH3 is 1. The van der Waals surface area contributed by atoms with Crippen molar-refractivity contribution in [2.45, 2.75) is 52.2 Å². The second-order valence-electron chi connectivity index (χ2n) is 9.16. The molecule has 212 valence electrons. The lowest BCUT2D eigenvalue weighted by atomic mass is 9.98. The number of carbonyl (C=O) groups excluding carboxylic acids is 2. The number of aromatic nitrogens is 1. The summed E-state index contributed by atoms with van der Waals surface area (Å²) in [5.41, 5.74) is 4.87. The van der Waals surface area contributed by atoms with E-state index < -0.39 is 0 Å². The minimum atomic E-state index is -0.189. The quantitative estimate of drug-likeness (QED) is 0.0991. The molecule has 1 amide bonds. The molecule has 3 aromatic rings. The lowest BCUT2D eigenvalue weighted by Gasteiger charge is -2.33. The van der Waals surface area contributed by atoms with E-state index in [1.54, 1.807) is 19.2 Å². The molecule has 1 aromatic heterocycles. The van der Waals surface area contributed by atoms with Gasteiger partial charge in [-0.25, -0.2) is 4.98 Å². The van der Waals surface area contributed by atoms with Gasteiger partial charge in [0.2, 0.25) is 6.41 Å². The molecule has 2 N–H and O–H groups in total. The number of piperidine rings is 1. The molecule has 2 aromatic carbocycles. The van der Waals surface area contributed by atoms with Crippen molar-refractivity contribution in [1.82, 2.24) is 15.2 Å². The number of amidine groups is 1. The van der Waals surface area contributed by atoms with E-state index in [9.17, 15) is 14.8 Å². The lowest BCUT2D eigenvalue weighted by molar-refractivity contribution is -0.148. The molecule has 0 bridgehead atoms. The van der Waals surface area contributed by atoms with Crippen LogP contribution in [0.1, 0.15) is 49.8 Å². The van der Waals surface area contributed by atoms with Crippen LogP contribution in [0.15, 0.2) is 71.9 Å². The first-order chi connectivity index (χ1) is 19.5. The highest BCUT2D eigenvalue weighted by Crippen LogP contribution is 2.25. The van der Waals surface area contributed by atoms with Crippen LogP contribution in [0.3, 0.4) is 0 Å². The fourth-order valence-corrected chi connectivity index (χ4v) is 4.82. The zero-order valence-electron chi connectivity index (χ0n) is 23.7. The van der Waals surface area contributed by atoms with E-state index in [1.165, 1.54) is 13.3 Å². The standard InChI is InChI=1S/C29H33N5O4.C2H6/c1-30-27(25-12-7-14-31-28(25)34(37)20-35)32-18-21-8-5-10-23(16-21)24-11-6-9-22(17-24)19-33-15-4-3-13-26(33)29(36)38-2;1-2/h5-12,14,16-17,20,26,37H,3-4,13,15,18-19H2,1-2H3,(H,30,32);1-2H3. The van der Waals surface area contributed by atoms with Crippen molar-refractivity contribution in [2.75, 3.05) is 25.8 Å². The van der Waals surface area contributed by atoms with Crippen LogP contribution in [-0.2, 0) is 27.4 Å². The molecule has 4 rings (SSSR count). The molecule has 1 saturated heterocycles. The summed E-state index contributed by atoms with van der Waals surface area (Å²) in [6, 6.07) is 19.9. The van der Waals surface area contributed by atoms with Crippen molar-refractivity contribution in [3.8, 4) is 11.1 Å². The molecule has 1 unspecified atom stereocenters. The van der Waals surface area contributed by atoms with Gasteiger partial charge in [0.1, 0.15) is 11.9 Å². The van der Waals surface area contributed by atoms with Crippen LogP contribution in [0.2, 0.25) is 0 Å². The monoisotopic (exact) mass is 545 g/mol. The van der Waals surface area contributed by atoms with Crippen molar-refractivity contribution >= 4 is 24.0 Å². The summed E-state index contributed by atoms with van der Waals surface area (Å²) in [4.78, 5) is 33.9. The van der Waals surface area contributed by atoms with Crippen LogP contribution in [0.5, 0.6) is 0 Å². The molecule has 0 radical (unpaired) electrons. The molecule has 40 heavy (non-hydrogen) atoms. The Kier molecular flexibility index (Phi) is 11.8. The number of carbonyl (C=O) groups is 2. The minimum Gasteiger partial charge on any atom is -0.468 e. The van der Waals surface area contributed by atoms with Gasteiger partial charge in [-0.05, 0) is 65.9 Å². The highest BCUT2D eigenvalue weighted by molar-refractivity contribution is 6.03. The van der Waals surface area contributed by atoms with E-state index in [0.717, 1.165) is 48.1 Å². The number of pyridine rings is 1. The van der Waals surface area contributed by atoms with Crippen LogP contribution in [0.4, 0.5) is 5.82 Å². The molecule has 1 fully saturated rings. The van der Waals surface area contributed by atoms with E-state index >= 15 is 0 Å². The Morgan fingerprint density at radius 1 is 1.12 bits per heavy atom. The Hall–Kier alpha value is -4.08. The molecular weight excluding hydrogens is 506 g/mol.